The predicted molar refractivity (Wildman–Crippen MR) is 56.7 cm³/mol. The lowest BCUT2D eigenvalue weighted by Gasteiger charge is -2.38. The molecule has 1 heteroatoms. The fraction of sp³-hybridized carbons (Fsp3) is 1.00. The zero-order valence-electron chi connectivity index (χ0n) is 9.22. The average Bonchev–Trinajstić information content (AvgIpc) is 2.77. The van der Waals surface area contributed by atoms with E-state index in [2.05, 4.69) is 26.1 Å². The fourth-order valence-corrected chi connectivity index (χ4v) is 2.64. The zero-order chi connectivity index (χ0) is 9.42. The van der Waals surface area contributed by atoms with Gasteiger partial charge in [-0.1, -0.05) is 20.8 Å². The van der Waals surface area contributed by atoms with Crippen LogP contribution in [-0.2, 0) is 0 Å². The van der Waals surface area contributed by atoms with Crippen LogP contribution in [0.2, 0.25) is 0 Å². The molecule has 0 amide bonds. The summed E-state index contributed by atoms with van der Waals surface area (Å²) in [7, 11) is 0. The van der Waals surface area contributed by atoms with Crippen molar-refractivity contribution in [2.45, 2.75) is 58.5 Å². The molecule has 0 aliphatic heterocycles. The van der Waals surface area contributed by atoms with Gasteiger partial charge in [-0.15, -0.1) is 0 Å². The lowest BCUT2D eigenvalue weighted by atomic mass is 9.80. The molecule has 0 heterocycles. The molecule has 76 valence electrons. The van der Waals surface area contributed by atoms with Gasteiger partial charge in [0.15, 0.2) is 0 Å². The minimum Gasteiger partial charge on any atom is -0.311 e. The molecule has 1 atom stereocenters. The van der Waals surface area contributed by atoms with Crippen molar-refractivity contribution in [1.29, 1.82) is 0 Å². The smallest absolute Gasteiger partial charge is 0.0121 e. The third-order valence-electron chi connectivity index (χ3n) is 3.65. The molecule has 0 spiro atoms. The fourth-order valence-electron chi connectivity index (χ4n) is 2.64. The molecule has 2 aliphatic rings. The molecule has 2 aliphatic carbocycles. The van der Waals surface area contributed by atoms with Gasteiger partial charge in [0.1, 0.15) is 0 Å². The Bertz CT molecular complexity index is 164. The molecule has 0 saturated heterocycles. The highest BCUT2D eigenvalue weighted by molar-refractivity contribution is 4.93. The van der Waals surface area contributed by atoms with Gasteiger partial charge in [0.25, 0.3) is 0 Å². The van der Waals surface area contributed by atoms with Gasteiger partial charge < -0.3 is 5.32 Å². The molecule has 1 nitrogen and oxygen atoms in total. The lowest BCUT2D eigenvalue weighted by Crippen LogP contribution is -2.48. The number of rotatable bonds is 4. The first-order chi connectivity index (χ1) is 6.16. The second kappa shape index (κ2) is 3.61. The van der Waals surface area contributed by atoms with Gasteiger partial charge in [-0.25, -0.2) is 0 Å². The molecule has 2 fully saturated rings. The quantitative estimate of drug-likeness (QED) is 0.703. The van der Waals surface area contributed by atoms with Crippen molar-refractivity contribution < 1.29 is 0 Å². The molecule has 0 aromatic carbocycles. The Morgan fingerprint density at radius 1 is 1.15 bits per heavy atom. The van der Waals surface area contributed by atoms with Crippen molar-refractivity contribution in [3.05, 3.63) is 0 Å². The van der Waals surface area contributed by atoms with Gasteiger partial charge >= 0.3 is 0 Å². The summed E-state index contributed by atoms with van der Waals surface area (Å²) in [5, 5.41) is 3.85. The van der Waals surface area contributed by atoms with Crippen LogP contribution in [0.3, 0.4) is 0 Å². The van der Waals surface area contributed by atoms with Gasteiger partial charge in [0.05, 0.1) is 0 Å². The maximum absolute atomic E-state index is 3.85. The predicted octanol–water partition coefficient (Wildman–Crippen LogP) is 2.81. The third kappa shape index (κ3) is 2.25. The van der Waals surface area contributed by atoms with Crippen molar-refractivity contribution in [2.75, 3.05) is 0 Å². The van der Waals surface area contributed by atoms with Gasteiger partial charge in [0, 0.05) is 12.1 Å². The normalized spacial score (nSPS) is 36.0. The summed E-state index contributed by atoms with van der Waals surface area (Å²) >= 11 is 0. The summed E-state index contributed by atoms with van der Waals surface area (Å²) in [4.78, 5) is 0. The van der Waals surface area contributed by atoms with Gasteiger partial charge in [0.2, 0.25) is 0 Å². The number of hydrogen-bond donors (Lipinski definition) is 1. The summed E-state index contributed by atoms with van der Waals surface area (Å²) in [5.74, 6) is 2.81. The summed E-state index contributed by atoms with van der Waals surface area (Å²) in [6, 6.07) is 1.67. The van der Waals surface area contributed by atoms with Gasteiger partial charge in [-0.3, -0.25) is 0 Å². The van der Waals surface area contributed by atoms with Crippen LogP contribution in [0, 0.1) is 17.8 Å². The maximum atomic E-state index is 3.85. The van der Waals surface area contributed by atoms with Crippen LogP contribution in [0.15, 0.2) is 0 Å². The summed E-state index contributed by atoms with van der Waals surface area (Å²) in [6.07, 6.45) is 5.77. The van der Waals surface area contributed by atoms with Crippen molar-refractivity contribution >= 4 is 0 Å². The van der Waals surface area contributed by atoms with Gasteiger partial charge in [-0.2, -0.15) is 0 Å². The first kappa shape index (κ1) is 9.51. The summed E-state index contributed by atoms with van der Waals surface area (Å²) in [5.41, 5.74) is 0. The lowest BCUT2D eigenvalue weighted by molar-refractivity contribution is 0.195. The topological polar surface area (TPSA) is 12.0 Å². The molecule has 0 aromatic heterocycles. The summed E-state index contributed by atoms with van der Waals surface area (Å²) < 4.78 is 0. The molecular weight excluding hydrogens is 158 g/mol. The minimum atomic E-state index is 0.817. The van der Waals surface area contributed by atoms with E-state index in [1.54, 1.807) is 0 Å². The van der Waals surface area contributed by atoms with Crippen LogP contribution in [0.1, 0.15) is 46.5 Å². The number of hydrogen-bond acceptors (Lipinski definition) is 1. The standard InChI is InChI=1S/C12H23N/c1-8(2)12(10-4-5-10)13-11-6-9(3)7-11/h8-13H,4-7H2,1-3H3. The van der Waals surface area contributed by atoms with Crippen LogP contribution < -0.4 is 5.32 Å². The Morgan fingerprint density at radius 2 is 1.77 bits per heavy atom. The Balaban J connectivity index is 1.76. The van der Waals surface area contributed by atoms with E-state index < -0.39 is 0 Å². The van der Waals surface area contributed by atoms with E-state index in [0.29, 0.717) is 0 Å². The highest BCUT2D eigenvalue weighted by atomic mass is 15.0. The van der Waals surface area contributed by atoms with Crippen LogP contribution in [0.4, 0.5) is 0 Å². The van der Waals surface area contributed by atoms with Crippen molar-refractivity contribution in [2.24, 2.45) is 17.8 Å². The summed E-state index contributed by atoms with van der Waals surface area (Å²) in [6.45, 7) is 7.08. The van der Waals surface area contributed by atoms with Crippen molar-refractivity contribution in [3.63, 3.8) is 0 Å². The van der Waals surface area contributed by atoms with E-state index in [-0.39, 0.29) is 0 Å². The first-order valence-electron chi connectivity index (χ1n) is 5.93. The molecule has 1 unspecified atom stereocenters. The maximum Gasteiger partial charge on any atom is 0.0121 e. The second-order valence-corrected chi connectivity index (χ2v) is 5.55. The van der Waals surface area contributed by atoms with E-state index in [1.807, 2.05) is 0 Å². The molecule has 13 heavy (non-hydrogen) atoms. The van der Waals surface area contributed by atoms with E-state index in [0.717, 1.165) is 29.8 Å². The molecule has 2 saturated carbocycles. The minimum absolute atomic E-state index is 0.817. The monoisotopic (exact) mass is 181 g/mol. The van der Waals surface area contributed by atoms with Crippen LogP contribution in [0.25, 0.3) is 0 Å². The molecular formula is C12H23N. The molecule has 2 rings (SSSR count). The highest BCUT2D eigenvalue weighted by Gasteiger charge is 2.36. The Morgan fingerprint density at radius 3 is 2.15 bits per heavy atom. The Labute approximate surface area is 82.3 Å². The zero-order valence-corrected chi connectivity index (χ0v) is 9.22. The van der Waals surface area contributed by atoms with E-state index >= 15 is 0 Å². The largest absolute Gasteiger partial charge is 0.311 e. The van der Waals surface area contributed by atoms with Crippen LogP contribution >= 0.6 is 0 Å². The third-order valence-corrected chi connectivity index (χ3v) is 3.65. The van der Waals surface area contributed by atoms with Crippen molar-refractivity contribution in [1.82, 2.24) is 5.32 Å². The van der Waals surface area contributed by atoms with E-state index in [4.69, 9.17) is 0 Å². The molecule has 0 aromatic rings. The Kier molecular flexibility index (Phi) is 2.64. The highest BCUT2D eigenvalue weighted by Crippen LogP contribution is 2.37. The first-order valence-corrected chi connectivity index (χ1v) is 5.93. The second-order valence-electron chi connectivity index (χ2n) is 5.55. The van der Waals surface area contributed by atoms with E-state index in [1.165, 1.54) is 25.7 Å². The molecule has 1 N–H and O–H groups in total. The number of nitrogens with one attached hydrogen (secondary N) is 1. The average molecular weight is 181 g/mol. The SMILES string of the molecule is CC1CC(NC(C(C)C)C2CC2)C1. The Hall–Kier alpha value is -0.0400. The van der Waals surface area contributed by atoms with Gasteiger partial charge in [-0.05, 0) is 43.4 Å². The molecule has 0 bridgehead atoms. The van der Waals surface area contributed by atoms with Crippen LogP contribution in [0.5, 0.6) is 0 Å². The van der Waals surface area contributed by atoms with Crippen molar-refractivity contribution in [3.8, 4) is 0 Å². The van der Waals surface area contributed by atoms with Crippen LogP contribution in [-0.4, -0.2) is 12.1 Å². The molecule has 0 radical (unpaired) electrons. The van der Waals surface area contributed by atoms with E-state index in [9.17, 15) is 0 Å².